The van der Waals surface area contributed by atoms with Gasteiger partial charge < -0.3 is 5.11 Å². The lowest BCUT2D eigenvalue weighted by Crippen LogP contribution is -2.11. The van der Waals surface area contributed by atoms with Crippen LogP contribution in [0.15, 0.2) is 18.3 Å². The zero-order valence-corrected chi connectivity index (χ0v) is 9.20. The number of aromatic nitrogens is 1. The van der Waals surface area contributed by atoms with Crippen molar-refractivity contribution in [2.24, 2.45) is 5.92 Å². The zero-order chi connectivity index (χ0) is 10.6. The van der Waals surface area contributed by atoms with Crippen LogP contribution in [-0.2, 0) is 0 Å². The van der Waals surface area contributed by atoms with Crippen LogP contribution in [0.5, 0.6) is 0 Å². The lowest BCUT2D eigenvalue weighted by atomic mass is 9.91. The van der Waals surface area contributed by atoms with Crippen molar-refractivity contribution in [3.05, 3.63) is 29.6 Å². The summed E-state index contributed by atoms with van der Waals surface area (Å²) >= 11 is 0. The fraction of sp³-hybridized carbons (Fsp3) is 0.583. The second kappa shape index (κ2) is 5.11. The van der Waals surface area contributed by atoms with E-state index >= 15 is 0 Å². The third-order valence-electron chi connectivity index (χ3n) is 2.76. The first-order valence-electron chi connectivity index (χ1n) is 5.29. The van der Waals surface area contributed by atoms with Gasteiger partial charge in [-0.15, -0.1) is 0 Å². The Kier molecular flexibility index (Phi) is 4.08. The van der Waals surface area contributed by atoms with E-state index in [1.165, 1.54) is 0 Å². The molecular formula is C12H19NO. The van der Waals surface area contributed by atoms with Crippen molar-refractivity contribution in [2.75, 3.05) is 0 Å². The topological polar surface area (TPSA) is 33.1 Å². The number of pyridine rings is 1. The fourth-order valence-electron chi connectivity index (χ4n) is 1.76. The molecule has 78 valence electrons. The highest BCUT2D eigenvalue weighted by molar-refractivity contribution is 5.18. The average Bonchev–Trinajstić information content (AvgIpc) is 2.19. The Morgan fingerprint density at radius 2 is 2.00 bits per heavy atom. The number of aryl methyl sites for hydroxylation is 1. The number of nitrogens with zero attached hydrogens (tertiary/aromatic N) is 1. The summed E-state index contributed by atoms with van der Waals surface area (Å²) in [5.41, 5.74) is 1.96. The van der Waals surface area contributed by atoms with E-state index in [0.29, 0.717) is 5.92 Å². The minimum absolute atomic E-state index is 0.341. The molecule has 0 saturated heterocycles. The molecule has 0 amide bonds. The number of hydrogen-bond donors (Lipinski definition) is 1. The monoisotopic (exact) mass is 193 g/mol. The normalized spacial score (nSPS) is 13.2. The Bertz CT molecular complexity index is 281. The number of hydrogen-bond acceptors (Lipinski definition) is 2. The molecule has 0 fully saturated rings. The van der Waals surface area contributed by atoms with Crippen LogP contribution in [-0.4, -0.2) is 10.1 Å². The lowest BCUT2D eigenvalue weighted by molar-refractivity contribution is 0.103. The van der Waals surface area contributed by atoms with Crippen molar-refractivity contribution in [3.8, 4) is 0 Å². The molecule has 0 aliphatic heterocycles. The van der Waals surface area contributed by atoms with Gasteiger partial charge in [-0.1, -0.05) is 26.7 Å². The predicted octanol–water partition coefficient (Wildman–Crippen LogP) is 2.86. The molecule has 1 N–H and O–H groups in total. The standard InChI is InChI=1S/C12H19NO/c1-4-10(5-2)12(14)11-6-7-13-9(3)8-11/h6-8,10,12,14H,4-5H2,1-3H3. The van der Waals surface area contributed by atoms with Gasteiger partial charge in [0.25, 0.3) is 0 Å². The van der Waals surface area contributed by atoms with Crippen LogP contribution >= 0.6 is 0 Å². The van der Waals surface area contributed by atoms with Crippen LogP contribution < -0.4 is 0 Å². The van der Waals surface area contributed by atoms with Crippen molar-refractivity contribution < 1.29 is 5.11 Å². The maximum absolute atomic E-state index is 10.1. The van der Waals surface area contributed by atoms with Gasteiger partial charge in [-0.3, -0.25) is 4.98 Å². The predicted molar refractivity (Wildman–Crippen MR) is 58.0 cm³/mol. The summed E-state index contributed by atoms with van der Waals surface area (Å²) in [6, 6.07) is 3.86. The first kappa shape index (κ1) is 11.2. The summed E-state index contributed by atoms with van der Waals surface area (Å²) in [6.07, 6.45) is 3.45. The number of aliphatic hydroxyl groups excluding tert-OH is 1. The smallest absolute Gasteiger partial charge is 0.0819 e. The van der Waals surface area contributed by atoms with Gasteiger partial charge in [0.2, 0.25) is 0 Å². The summed E-state index contributed by atoms with van der Waals surface area (Å²) in [5, 5.41) is 10.1. The third kappa shape index (κ3) is 2.55. The van der Waals surface area contributed by atoms with Crippen molar-refractivity contribution in [2.45, 2.75) is 39.7 Å². The fourth-order valence-corrected chi connectivity index (χ4v) is 1.76. The van der Waals surface area contributed by atoms with E-state index in [1.807, 2.05) is 19.1 Å². The van der Waals surface area contributed by atoms with Gasteiger partial charge in [0, 0.05) is 11.9 Å². The van der Waals surface area contributed by atoms with Gasteiger partial charge >= 0.3 is 0 Å². The Labute approximate surface area is 86.0 Å². The highest BCUT2D eigenvalue weighted by atomic mass is 16.3. The molecule has 14 heavy (non-hydrogen) atoms. The SMILES string of the molecule is CCC(CC)C(O)c1ccnc(C)c1. The number of aliphatic hydroxyl groups is 1. The molecular weight excluding hydrogens is 174 g/mol. The van der Waals surface area contributed by atoms with Crippen LogP contribution in [0.25, 0.3) is 0 Å². The van der Waals surface area contributed by atoms with Gasteiger partial charge in [-0.05, 0) is 30.5 Å². The van der Waals surface area contributed by atoms with Crippen LogP contribution in [0, 0.1) is 12.8 Å². The lowest BCUT2D eigenvalue weighted by Gasteiger charge is -2.20. The molecule has 2 nitrogen and oxygen atoms in total. The first-order valence-corrected chi connectivity index (χ1v) is 5.29. The molecule has 1 aromatic heterocycles. The zero-order valence-electron chi connectivity index (χ0n) is 9.20. The molecule has 1 rings (SSSR count). The van der Waals surface area contributed by atoms with E-state index in [0.717, 1.165) is 24.1 Å². The molecule has 0 aromatic carbocycles. The summed E-state index contributed by atoms with van der Waals surface area (Å²) < 4.78 is 0. The molecule has 0 radical (unpaired) electrons. The molecule has 1 unspecified atom stereocenters. The van der Waals surface area contributed by atoms with Gasteiger partial charge in [-0.25, -0.2) is 0 Å². The Morgan fingerprint density at radius 3 is 2.50 bits per heavy atom. The van der Waals surface area contributed by atoms with Gasteiger partial charge in [0.1, 0.15) is 0 Å². The van der Waals surface area contributed by atoms with Gasteiger partial charge in [-0.2, -0.15) is 0 Å². The molecule has 0 saturated carbocycles. The van der Waals surface area contributed by atoms with Crippen molar-refractivity contribution in [1.82, 2.24) is 4.98 Å². The van der Waals surface area contributed by atoms with Gasteiger partial charge in [0.15, 0.2) is 0 Å². The second-order valence-corrected chi connectivity index (χ2v) is 3.75. The molecule has 1 atom stereocenters. The molecule has 0 aliphatic carbocycles. The van der Waals surface area contributed by atoms with Crippen LogP contribution in [0.1, 0.15) is 44.1 Å². The maximum atomic E-state index is 10.1. The summed E-state index contributed by atoms with van der Waals surface area (Å²) in [5.74, 6) is 0.358. The van der Waals surface area contributed by atoms with E-state index in [2.05, 4.69) is 18.8 Å². The van der Waals surface area contributed by atoms with E-state index in [-0.39, 0.29) is 6.10 Å². The van der Waals surface area contributed by atoms with E-state index in [1.54, 1.807) is 6.20 Å². The molecule has 0 bridgehead atoms. The largest absolute Gasteiger partial charge is 0.388 e. The second-order valence-electron chi connectivity index (χ2n) is 3.75. The van der Waals surface area contributed by atoms with E-state index in [4.69, 9.17) is 0 Å². The van der Waals surface area contributed by atoms with Crippen LogP contribution in [0.4, 0.5) is 0 Å². The Balaban J connectivity index is 2.82. The van der Waals surface area contributed by atoms with Crippen molar-refractivity contribution in [3.63, 3.8) is 0 Å². The molecule has 0 spiro atoms. The maximum Gasteiger partial charge on any atom is 0.0819 e. The molecule has 2 heteroatoms. The Morgan fingerprint density at radius 1 is 1.36 bits per heavy atom. The van der Waals surface area contributed by atoms with Crippen molar-refractivity contribution in [1.29, 1.82) is 0 Å². The average molecular weight is 193 g/mol. The van der Waals surface area contributed by atoms with E-state index < -0.39 is 0 Å². The van der Waals surface area contributed by atoms with Gasteiger partial charge in [0.05, 0.1) is 6.10 Å². The summed E-state index contributed by atoms with van der Waals surface area (Å²) in [6.45, 7) is 6.18. The van der Waals surface area contributed by atoms with Crippen LogP contribution in [0.3, 0.4) is 0 Å². The quantitative estimate of drug-likeness (QED) is 0.797. The van der Waals surface area contributed by atoms with Crippen LogP contribution in [0.2, 0.25) is 0 Å². The molecule has 1 heterocycles. The minimum atomic E-state index is -0.341. The molecule has 0 aliphatic rings. The van der Waals surface area contributed by atoms with Crippen molar-refractivity contribution >= 4 is 0 Å². The minimum Gasteiger partial charge on any atom is -0.388 e. The third-order valence-corrected chi connectivity index (χ3v) is 2.76. The molecule has 1 aromatic rings. The summed E-state index contributed by atoms with van der Waals surface area (Å²) in [4.78, 5) is 4.12. The number of rotatable bonds is 4. The highest BCUT2D eigenvalue weighted by Gasteiger charge is 2.17. The first-order chi connectivity index (χ1) is 6.69. The van der Waals surface area contributed by atoms with E-state index in [9.17, 15) is 5.11 Å². The Hall–Kier alpha value is -0.890. The highest BCUT2D eigenvalue weighted by Crippen LogP contribution is 2.26. The summed E-state index contributed by atoms with van der Waals surface area (Å²) in [7, 11) is 0.